The number of ether oxygens (including phenoxy) is 3. The first kappa shape index (κ1) is 22.4. The zero-order valence-electron chi connectivity index (χ0n) is 18.7. The number of ketones is 1. The SMILES string of the molecule is COCCCN1C(=O)C(O)=C(C(=O)c2cc3ccccc3o2)C1c1cccc(OC)c1OC. The Balaban J connectivity index is 1.84. The molecule has 0 bridgehead atoms. The fourth-order valence-corrected chi connectivity index (χ4v) is 4.17. The predicted molar refractivity (Wildman–Crippen MR) is 121 cm³/mol. The van der Waals surface area contributed by atoms with E-state index in [1.54, 1.807) is 43.5 Å². The van der Waals surface area contributed by atoms with Crippen LogP contribution >= 0.6 is 0 Å². The van der Waals surface area contributed by atoms with Gasteiger partial charge in [-0.3, -0.25) is 9.59 Å². The third-order valence-corrected chi connectivity index (χ3v) is 5.67. The lowest BCUT2D eigenvalue weighted by Gasteiger charge is -2.28. The highest BCUT2D eigenvalue weighted by Crippen LogP contribution is 2.45. The van der Waals surface area contributed by atoms with Crippen LogP contribution in [-0.4, -0.2) is 56.2 Å². The number of carbonyl (C=O) groups excluding carboxylic acids is 2. The van der Waals surface area contributed by atoms with Gasteiger partial charge in [-0.05, 0) is 24.6 Å². The molecule has 0 spiro atoms. The summed E-state index contributed by atoms with van der Waals surface area (Å²) >= 11 is 0. The topological polar surface area (TPSA) is 98.4 Å². The normalized spacial score (nSPS) is 16.0. The second-order valence-corrected chi connectivity index (χ2v) is 7.57. The van der Waals surface area contributed by atoms with Gasteiger partial charge in [-0.1, -0.05) is 30.3 Å². The van der Waals surface area contributed by atoms with E-state index in [1.165, 1.54) is 19.1 Å². The van der Waals surface area contributed by atoms with E-state index in [2.05, 4.69) is 0 Å². The maximum atomic E-state index is 13.6. The minimum atomic E-state index is -0.889. The van der Waals surface area contributed by atoms with Crippen molar-refractivity contribution in [2.24, 2.45) is 0 Å². The number of fused-ring (bicyclic) bond motifs is 1. The molecule has 2 heterocycles. The molecule has 1 aliphatic rings. The molecule has 33 heavy (non-hydrogen) atoms. The van der Waals surface area contributed by atoms with Crippen LogP contribution < -0.4 is 9.47 Å². The molecule has 0 aliphatic carbocycles. The van der Waals surface area contributed by atoms with Crippen molar-refractivity contribution in [1.29, 1.82) is 0 Å². The number of aliphatic hydroxyl groups excluding tert-OH is 1. The summed E-state index contributed by atoms with van der Waals surface area (Å²) in [6.45, 7) is 0.679. The molecule has 2 aromatic carbocycles. The average molecular weight is 451 g/mol. The van der Waals surface area contributed by atoms with Crippen LogP contribution in [0.2, 0.25) is 0 Å². The van der Waals surface area contributed by atoms with Crippen LogP contribution in [0, 0.1) is 0 Å². The van der Waals surface area contributed by atoms with Crippen LogP contribution in [-0.2, 0) is 9.53 Å². The van der Waals surface area contributed by atoms with E-state index in [0.717, 1.165) is 5.39 Å². The monoisotopic (exact) mass is 451 g/mol. The number of carbonyl (C=O) groups is 2. The third kappa shape index (κ3) is 3.93. The second kappa shape index (κ2) is 9.38. The van der Waals surface area contributed by atoms with Gasteiger partial charge in [0, 0.05) is 31.2 Å². The number of hydrogen-bond acceptors (Lipinski definition) is 7. The van der Waals surface area contributed by atoms with Crippen molar-refractivity contribution in [1.82, 2.24) is 4.90 Å². The number of furan rings is 1. The highest BCUT2D eigenvalue weighted by atomic mass is 16.5. The Labute approximate surface area is 191 Å². The van der Waals surface area contributed by atoms with Crippen LogP contribution in [0.25, 0.3) is 11.0 Å². The molecular formula is C25H25NO7. The van der Waals surface area contributed by atoms with E-state index in [9.17, 15) is 14.7 Å². The lowest BCUT2D eigenvalue weighted by molar-refractivity contribution is -0.129. The van der Waals surface area contributed by atoms with E-state index in [4.69, 9.17) is 18.6 Å². The van der Waals surface area contributed by atoms with Gasteiger partial charge in [0.05, 0.1) is 25.8 Å². The Hall–Kier alpha value is -3.78. The fourth-order valence-electron chi connectivity index (χ4n) is 4.17. The minimum absolute atomic E-state index is 0.0381. The molecule has 8 heteroatoms. The standard InChI is InChI=1S/C25H25NO7/c1-30-13-7-12-26-21(16-9-6-11-18(31-2)24(16)32-3)20(23(28)25(26)29)22(27)19-14-15-8-4-5-10-17(15)33-19/h4-6,8-11,14,21,28H,7,12-13H2,1-3H3. The Morgan fingerprint density at radius 2 is 1.88 bits per heavy atom. The maximum absolute atomic E-state index is 13.6. The first-order valence-corrected chi connectivity index (χ1v) is 10.5. The summed E-state index contributed by atoms with van der Waals surface area (Å²) in [4.78, 5) is 28.1. The average Bonchev–Trinajstić information content (AvgIpc) is 3.38. The number of aliphatic hydroxyl groups is 1. The third-order valence-electron chi connectivity index (χ3n) is 5.67. The smallest absolute Gasteiger partial charge is 0.290 e. The summed E-state index contributed by atoms with van der Waals surface area (Å²) < 4.78 is 21.9. The molecule has 1 N–H and O–H groups in total. The highest BCUT2D eigenvalue weighted by Gasteiger charge is 2.45. The van der Waals surface area contributed by atoms with Crippen molar-refractivity contribution >= 4 is 22.7 Å². The van der Waals surface area contributed by atoms with Gasteiger partial charge < -0.3 is 28.6 Å². The van der Waals surface area contributed by atoms with Crippen molar-refractivity contribution in [3.05, 3.63) is 71.2 Å². The number of para-hydroxylation sites is 2. The summed E-state index contributed by atoms with van der Waals surface area (Å²) in [5, 5.41) is 11.6. The van der Waals surface area contributed by atoms with Gasteiger partial charge in [-0.2, -0.15) is 0 Å². The Morgan fingerprint density at radius 3 is 2.58 bits per heavy atom. The van der Waals surface area contributed by atoms with Crippen LogP contribution in [0.3, 0.4) is 0 Å². The zero-order chi connectivity index (χ0) is 23.5. The van der Waals surface area contributed by atoms with E-state index in [0.29, 0.717) is 35.7 Å². The molecule has 1 unspecified atom stereocenters. The van der Waals surface area contributed by atoms with Gasteiger partial charge in [0.15, 0.2) is 23.0 Å². The summed E-state index contributed by atoms with van der Waals surface area (Å²) in [6, 6.07) is 13.1. The number of rotatable bonds is 9. The van der Waals surface area contributed by atoms with Crippen LogP contribution in [0.5, 0.6) is 11.5 Å². The number of benzene rings is 2. The van der Waals surface area contributed by atoms with Gasteiger partial charge in [0.1, 0.15) is 5.58 Å². The fraction of sp³-hybridized carbons (Fsp3) is 0.280. The van der Waals surface area contributed by atoms with Crippen molar-refractivity contribution in [2.75, 3.05) is 34.5 Å². The molecule has 0 saturated carbocycles. The van der Waals surface area contributed by atoms with Gasteiger partial charge >= 0.3 is 0 Å². The van der Waals surface area contributed by atoms with Gasteiger partial charge in [0.2, 0.25) is 5.78 Å². The predicted octanol–water partition coefficient (Wildman–Crippen LogP) is 4.06. The first-order valence-electron chi connectivity index (χ1n) is 10.5. The maximum Gasteiger partial charge on any atom is 0.290 e. The summed E-state index contributed by atoms with van der Waals surface area (Å²) in [5.74, 6) is -0.953. The number of Topliss-reactive ketones (excluding diaryl/α,β-unsaturated/α-hetero) is 1. The summed E-state index contributed by atoms with van der Waals surface area (Å²) in [7, 11) is 4.56. The number of nitrogens with zero attached hydrogens (tertiary/aromatic N) is 1. The lowest BCUT2D eigenvalue weighted by Crippen LogP contribution is -2.32. The molecule has 0 fully saturated rings. The van der Waals surface area contributed by atoms with Crippen LogP contribution in [0.1, 0.15) is 28.6 Å². The number of amides is 1. The van der Waals surface area contributed by atoms with Crippen molar-refractivity contribution < 1.29 is 33.3 Å². The lowest BCUT2D eigenvalue weighted by atomic mass is 9.94. The van der Waals surface area contributed by atoms with E-state index in [-0.39, 0.29) is 17.9 Å². The highest BCUT2D eigenvalue weighted by molar-refractivity contribution is 6.16. The molecule has 0 saturated heterocycles. The van der Waals surface area contributed by atoms with E-state index in [1.807, 2.05) is 12.1 Å². The molecule has 3 aromatic rings. The first-order chi connectivity index (χ1) is 16.0. The number of hydrogen-bond donors (Lipinski definition) is 1. The molecule has 0 radical (unpaired) electrons. The Kier molecular flexibility index (Phi) is 6.37. The van der Waals surface area contributed by atoms with Crippen molar-refractivity contribution in [2.45, 2.75) is 12.5 Å². The Bertz CT molecular complexity index is 1190. The molecule has 8 nitrogen and oxygen atoms in total. The van der Waals surface area contributed by atoms with E-state index >= 15 is 0 Å². The summed E-state index contributed by atoms with van der Waals surface area (Å²) in [5.41, 5.74) is 0.992. The largest absolute Gasteiger partial charge is 0.503 e. The molecule has 1 aromatic heterocycles. The minimum Gasteiger partial charge on any atom is -0.503 e. The molecule has 172 valence electrons. The van der Waals surface area contributed by atoms with Gasteiger partial charge in [0.25, 0.3) is 5.91 Å². The molecule has 1 amide bonds. The van der Waals surface area contributed by atoms with Gasteiger partial charge in [-0.25, -0.2) is 0 Å². The summed E-state index contributed by atoms with van der Waals surface area (Å²) in [6.07, 6.45) is 0.518. The van der Waals surface area contributed by atoms with Crippen LogP contribution in [0.4, 0.5) is 0 Å². The van der Waals surface area contributed by atoms with Gasteiger partial charge in [-0.15, -0.1) is 0 Å². The Morgan fingerprint density at radius 1 is 1.09 bits per heavy atom. The van der Waals surface area contributed by atoms with Crippen molar-refractivity contribution in [3.8, 4) is 11.5 Å². The van der Waals surface area contributed by atoms with E-state index < -0.39 is 23.5 Å². The molecule has 1 aliphatic heterocycles. The quantitative estimate of drug-likeness (QED) is 0.387. The molecule has 1 atom stereocenters. The number of methoxy groups -OCH3 is 3. The zero-order valence-corrected chi connectivity index (χ0v) is 18.7. The molecular weight excluding hydrogens is 426 g/mol. The second-order valence-electron chi connectivity index (χ2n) is 7.57. The van der Waals surface area contributed by atoms with Crippen LogP contribution in [0.15, 0.2) is 64.3 Å². The molecule has 4 rings (SSSR count). The van der Waals surface area contributed by atoms with Crippen molar-refractivity contribution in [3.63, 3.8) is 0 Å².